The molecule has 0 radical (unpaired) electrons. The van der Waals surface area contributed by atoms with Crippen LogP contribution in [0.25, 0.3) is 0 Å². The van der Waals surface area contributed by atoms with Gasteiger partial charge < -0.3 is 10.1 Å². The van der Waals surface area contributed by atoms with Crippen molar-refractivity contribution < 1.29 is 14.3 Å². The number of rotatable bonds is 4. The monoisotopic (exact) mass is 307 g/mol. The van der Waals surface area contributed by atoms with E-state index in [1.165, 1.54) is 11.3 Å². The number of hydrogen-bond donors (Lipinski definition) is 2. The number of carbonyl (C=O) groups is 2. The van der Waals surface area contributed by atoms with Crippen molar-refractivity contribution in [1.82, 2.24) is 10.3 Å². The zero-order chi connectivity index (χ0) is 12.0. The number of esters is 1. The maximum atomic E-state index is 11.3. The van der Waals surface area contributed by atoms with Gasteiger partial charge in [0.25, 0.3) is 0 Å². The minimum absolute atomic E-state index is 0.160. The second kappa shape index (κ2) is 6.44. The topological polar surface area (TPSA) is 80.3 Å². The van der Waals surface area contributed by atoms with Crippen LogP contribution in [0.1, 0.15) is 6.92 Å². The van der Waals surface area contributed by atoms with Crippen LogP contribution in [0.2, 0.25) is 0 Å². The van der Waals surface area contributed by atoms with Gasteiger partial charge in [-0.05, 0) is 22.9 Å². The van der Waals surface area contributed by atoms with Crippen LogP contribution in [0, 0.1) is 0 Å². The van der Waals surface area contributed by atoms with Gasteiger partial charge in [-0.15, -0.1) is 0 Å². The molecule has 0 saturated carbocycles. The molecule has 1 aromatic heterocycles. The molecule has 8 heteroatoms. The van der Waals surface area contributed by atoms with Crippen LogP contribution in [-0.4, -0.2) is 30.1 Å². The Morgan fingerprint density at radius 3 is 2.94 bits per heavy atom. The molecule has 6 nitrogen and oxygen atoms in total. The van der Waals surface area contributed by atoms with Crippen molar-refractivity contribution >= 4 is 44.4 Å². The second-order valence-electron chi connectivity index (χ2n) is 2.58. The van der Waals surface area contributed by atoms with Gasteiger partial charge in [0, 0.05) is 0 Å². The highest BCUT2D eigenvalue weighted by Gasteiger charge is 2.07. The SMILES string of the molecule is CCOC(=O)CNC(=O)Nc1ncc(Br)s1. The molecule has 0 aliphatic heterocycles. The van der Waals surface area contributed by atoms with Gasteiger partial charge in [-0.25, -0.2) is 9.78 Å². The molecule has 16 heavy (non-hydrogen) atoms. The van der Waals surface area contributed by atoms with Crippen molar-refractivity contribution in [2.45, 2.75) is 6.92 Å². The molecule has 1 rings (SSSR count). The highest BCUT2D eigenvalue weighted by molar-refractivity contribution is 9.11. The summed E-state index contributed by atoms with van der Waals surface area (Å²) < 4.78 is 5.46. The van der Waals surface area contributed by atoms with E-state index in [0.717, 1.165) is 3.79 Å². The fraction of sp³-hybridized carbons (Fsp3) is 0.375. The average Bonchev–Trinajstić information content (AvgIpc) is 2.61. The van der Waals surface area contributed by atoms with E-state index >= 15 is 0 Å². The zero-order valence-corrected chi connectivity index (χ0v) is 10.9. The number of nitrogens with one attached hydrogen (secondary N) is 2. The fourth-order valence-corrected chi connectivity index (χ4v) is 1.92. The van der Waals surface area contributed by atoms with Crippen LogP contribution < -0.4 is 10.6 Å². The summed E-state index contributed by atoms with van der Waals surface area (Å²) in [7, 11) is 0. The molecule has 0 aromatic carbocycles. The summed E-state index contributed by atoms with van der Waals surface area (Å²) in [6, 6.07) is -0.491. The predicted molar refractivity (Wildman–Crippen MR) is 63.5 cm³/mol. The second-order valence-corrected chi connectivity index (χ2v) is 4.99. The van der Waals surface area contributed by atoms with Crippen molar-refractivity contribution in [3.8, 4) is 0 Å². The van der Waals surface area contributed by atoms with E-state index in [9.17, 15) is 9.59 Å². The third kappa shape index (κ3) is 4.58. The molecule has 1 heterocycles. The third-order valence-corrected chi connectivity index (χ3v) is 2.79. The van der Waals surface area contributed by atoms with Gasteiger partial charge in [-0.2, -0.15) is 0 Å². The molecule has 0 unspecified atom stereocenters. The summed E-state index contributed by atoms with van der Waals surface area (Å²) >= 11 is 4.49. The van der Waals surface area contributed by atoms with Crippen LogP contribution in [0.4, 0.5) is 9.93 Å². The number of hydrogen-bond acceptors (Lipinski definition) is 5. The quantitative estimate of drug-likeness (QED) is 0.828. The predicted octanol–water partition coefficient (Wildman–Crippen LogP) is 1.59. The molecule has 0 atom stereocenters. The van der Waals surface area contributed by atoms with Crippen LogP contribution in [0.3, 0.4) is 0 Å². The number of anilines is 1. The number of urea groups is 1. The molecule has 1 aromatic rings. The smallest absolute Gasteiger partial charge is 0.325 e. The number of aromatic nitrogens is 1. The van der Waals surface area contributed by atoms with Crippen molar-refractivity contribution in [3.05, 3.63) is 9.98 Å². The fourth-order valence-electron chi connectivity index (χ4n) is 0.818. The molecule has 0 fully saturated rings. The van der Waals surface area contributed by atoms with Crippen LogP contribution in [-0.2, 0) is 9.53 Å². The first kappa shape index (κ1) is 12.9. The van der Waals surface area contributed by atoms with Crippen LogP contribution in [0.15, 0.2) is 9.98 Å². The Kier molecular flexibility index (Phi) is 5.20. The van der Waals surface area contributed by atoms with Gasteiger partial charge in [0.15, 0.2) is 5.13 Å². The summed E-state index contributed by atoms with van der Waals surface area (Å²) in [6.45, 7) is 1.83. The van der Waals surface area contributed by atoms with Crippen molar-refractivity contribution in [1.29, 1.82) is 0 Å². The minimum Gasteiger partial charge on any atom is -0.465 e. The van der Waals surface area contributed by atoms with E-state index in [0.29, 0.717) is 11.7 Å². The van der Waals surface area contributed by atoms with Crippen LogP contribution >= 0.6 is 27.3 Å². The van der Waals surface area contributed by atoms with E-state index in [-0.39, 0.29) is 6.54 Å². The Morgan fingerprint density at radius 1 is 1.62 bits per heavy atom. The Hall–Kier alpha value is -1.15. The van der Waals surface area contributed by atoms with Crippen LogP contribution in [0.5, 0.6) is 0 Å². The van der Waals surface area contributed by atoms with E-state index in [1.807, 2.05) is 0 Å². The van der Waals surface area contributed by atoms with Gasteiger partial charge in [-0.1, -0.05) is 11.3 Å². The molecular weight excluding hydrogens is 298 g/mol. The Morgan fingerprint density at radius 2 is 2.38 bits per heavy atom. The number of nitrogens with zero attached hydrogens (tertiary/aromatic N) is 1. The Bertz CT molecular complexity index is 382. The number of ether oxygens (including phenoxy) is 1. The number of amides is 2. The molecular formula is C8H10BrN3O3S. The zero-order valence-electron chi connectivity index (χ0n) is 8.45. The first-order valence-corrected chi connectivity index (χ1v) is 6.04. The lowest BCUT2D eigenvalue weighted by Gasteiger charge is -2.04. The van der Waals surface area contributed by atoms with Gasteiger partial charge in [0.1, 0.15) is 6.54 Å². The van der Waals surface area contributed by atoms with Crippen molar-refractivity contribution in [2.24, 2.45) is 0 Å². The van der Waals surface area contributed by atoms with E-state index in [4.69, 9.17) is 0 Å². The van der Waals surface area contributed by atoms with Gasteiger partial charge in [-0.3, -0.25) is 10.1 Å². The summed E-state index contributed by atoms with van der Waals surface area (Å²) in [5, 5.41) is 5.28. The van der Waals surface area contributed by atoms with Crippen molar-refractivity contribution in [2.75, 3.05) is 18.5 Å². The van der Waals surface area contributed by atoms with E-state index in [1.54, 1.807) is 13.1 Å². The maximum absolute atomic E-state index is 11.3. The first-order valence-electron chi connectivity index (χ1n) is 4.43. The lowest BCUT2D eigenvalue weighted by atomic mass is 10.6. The highest BCUT2D eigenvalue weighted by Crippen LogP contribution is 2.22. The molecule has 0 aliphatic rings. The molecule has 2 amide bonds. The lowest BCUT2D eigenvalue weighted by molar-refractivity contribution is -0.141. The largest absolute Gasteiger partial charge is 0.465 e. The Labute approximate surface area is 105 Å². The molecule has 88 valence electrons. The molecule has 0 spiro atoms. The van der Waals surface area contributed by atoms with Gasteiger partial charge in [0.05, 0.1) is 16.6 Å². The first-order chi connectivity index (χ1) is 7.61. The average molecular weight is 308 g/mol. The van der Waals surface area contributed by atoms with Gasteiger partial charge >= 0.3 is 12.0 Å². The summed E-state index contributed by atoms with van der Waals surface area (Å²) in [5.41, 5.74) is 0. The number of thiazole rings is 1. The summed E-state index contributed by atoms with van der Waals surface area (Å²) in [4.78, 5) is 26.1. The molecule has 2 N–H and O–H groups in total. The van der Waals surface area contributed by atoms with Crippen molar-refractivity contribution in [3.63, 3.8) is 0 Å². The van der Waals surface area contributed by atoms with Gasteiger partial charge in [0.2, 0.25) is 0 Å². The minimum atomic E-state index is -0.491. The maximum Gasteiger partial charge on any atom is 0.325 e. The molecule has 0 saturated heterocycles. The Balaban J connectivity index is 2.28. The summed E-state index contributed by atoms with van der Waals surface area (Å²) in [5.74, 6) is -0.474. The normalized spacial score (nSPS) is 9.62. The number of halogens is 1. The lowest BCUT2D eigenvalue weighted by Crippen LogP contribution is -2.34. The standard InChI is InChI=1S/C8H10BrN3O3S/c1-2-15-6(13)4-10-7(14)12-8-11-3-5(9)16-8/h3H,2,4H2,1H3,(H2,10,11,12,14). The molecule has 0 aliphatic carbocycles. The van der Waals surface area contributed by atoms with E-state index in [2.05, 4.69) is 36.3 Å². The summed E-state index contributed by atoms with van der Waals surface area (Å²) in [6.07, 6.45) is 1.58. The highest BCUT2D eigenvalue weighted by atomic mass is 79.9. The third-order valence-electron chi connectivity index (χ3n) is 1.40. The van der Waals surface area contributed by atoms with E-state index < -0.39 is 12.0 Å². The molecule has 0 bridgehead atoms. The number of carbonyl (C=O) groups excluding carboxylic acids is 2.